The van der Waals surface area contributed by atoms with Gasteiger partial charge in [-0.25, -0.2) is 0 Å². The van der Waals surface area contributed by atoms with Crippen molar-refractivity contribution < 1.29 is 24.2 Å². The molecule has 0 atom stereocenters. The monoisotopic (exact) mass is 532 g/mol. The molecule has 0 bridgehead atoms. The van der Waals surface area contributed by atoms with Gasteiger partial charge in [0.2, 0.25) is 0 Å². The lowest BCUT2D eigenvalue weighted by molar-refractivity contribution is -0.155. The Bertz CT molecular complexity index is 793. The number of unbranched alkanes of at least 4 members (excludes halogenated alkanes) is 15. The predicted octanol–water partition coefficient (Wildman–Crippen LogP) is 9.24. The minimum Gasteiger partial charge on any atom is -0.507 e. The zero-order valence-electron chi connectivity index (χ0n) is 25.2. The van der Waals surface area contributed by atoms with Gasteiger partial charge >= 0.3 is 11.9 Å². The van der Waals surface area contributed by atoms with Crippen LogP contribution in [0.15, 0.2) is 12.1 Å². The van der Waals surface area contributed by atoms with E-state index in [1.54, 1.807) is 6.07 Å². The summed E-state index contributed by atoms with van der Waals surface area (Å²) < 4.78 is 10.5. The second-order valence-electron chi connectivity index (χ2n) is 11.9. The molecule has 0 spiro atoms. The van der Waals surface area contributed by atoms with E-state index in [4.69, 9.17) is 9.47 Å². The fraction of sp³-hybridized carbons (Fsp3) is 0.758. The molecule has 0 radical (unpaired) electrons. The first-order chi connectivity index (χ1) is 18.1. The third kappa shape index (κ3) is 16.0. The molecule has 0 saturated carbocycles. The first-order valence-corrected chi connectivity index (χ1v) is 15.3. The molecule has 0 heterocycles. The van der Waals surface area contributed by atoms with E-state index in [1.165, 1.54) is 89.9 Å². The van der Waals surface area contributed by atoms with Gasteiger partial charge in [-0.05, 0) is 47.6 Å². The van der Waals surface area contributed by atoms with Crippen LogP contribution in [0.4, 0.5) is 0 Å². The number of hydrogen-bond donors (Lipinski definition) is 1. The summed E-state index contributed by atoms with van der Waals surface area (Å²) in [5, 5.41) is 10.3. The third-order valence-electron chi connectivity index (χ3n) is 7.12. The van der Waals surface area contributed by atoms with Crippen molar-refractivity contribution in [3.05, 3.63) is 28.8 Å². The van der Waals surface area contributed by atoms with Crippen LogP contribution >= 0.6 is 0 Å². The Morgan fingerprint density at radius 2 is 1.16 bits per heavy atom. The highest BCUT2D eigenvalue weighted by Gasteiger charge is 2.21. The highest BCUT2D eigenvalue weighted by atomic mass is 16.6. The Hall–Kier alpha value is -2.04. The van der Waals surface area contributed by atoms with Crippen LogP contribution in [0.5, 0.6) is 5.75 Å². The van der Waals surface area contributed by atoms with Gasteiger partial charge in [-0.2, -0.15) is 0 Å². The number of aromatic hydroxyl groups is 1. The van der Waals surface area contributed by atoms with Crippen molar-refractivity contribution in [1.82, 2.24) is 0 Å². The van der Waals surface area contributed by atoms with Crippen molar-refractivity contribution in [2.24, 2.45) is 0 Å². The molecule has 0 unspecified atom stereocenters. The summed E-state index contributed by atoms with van der Waals surface area (Å²) in [6.07, 6.45) is 20.4. The maximum absolute atomic E-state index is 12.1. The van der Waals surface area contributed by atoms with E-state index >= 15 is 0 Å². The molecule has 0 fully saturated rings. The Morgan fingerprint density at radius 3 is 1.63 bits per heavy atom. The molecule has 1 aromatic rings. The molecule has 5 nitrogen and oxygen atoms in total. The number of carbonyl (C=O) groups excluding carboxylic acids is 2. The normalized spacial score (nSPS) is 11.5. The summed E-state index contributed by atoms with van der Waals surface area (Å²) in [7, 11) is 0. The van der Waals surface area contributed by atoms with Crippen LogP contribution in [0, 0.1) is 6.92 Å². The quantitative estimate of drug-likeness (QED) is 0.0970. The van der Waals surface area contributed by atoms with Crippen molar-refractivity contribution in [2.75, 3.05) is 6.61 Å². The molecule has 5 heteroatoms. The molecule has 0 amide bonds. The molecule has 0 saturated heterocycles. The molecule has 1 aromatic carbocycles. The van der Waals surface area contributed by atoms with Gasteiger partial charge in [0, 0.05) is 0 Å². The number of phenolic OH excluding ortho intramolecular Hbond substituents is 1. The lowest BCUT2D eigenvalue weighted by atomic mass is 9.84. The molecular weight excluding hydrogens is 476 g/mol. The van der Waals surface area contributed by atoms with Crippen LogP contribution in [0.1, 0.15) is 154 Å². The average molecular weight is 533 g/mol. The van der Waals surface area contributed by atoms with Crippen molar-refractivity contribution >= 4 is 11.9 Å². The Labute approximate surface area is 233 Å². The van der Waals surface area contributed by atoms with Crippen molar-refractivity contribution in [1.29, 1.82) is 0 Å². The summed E-state index contributed by atoms with van der Waals surface area (Å²) in [5.74, 6) is -0.858. The molecule has 0 aliphatic heterocycles. The van der Waals surface area contributed by atoms with E-state index in [9.17, 15) is 14.7 Å². The van der Waals surface area contributed by atoms with E-state index in [1.807, 2.05) is 33.8 Å². The second kappa shape index (κ2) is 19.9. The fourth-order valence-corrected chi connectivity index (χ4v) is 4.73. The maximum Gasteiger partial charge on any atom is 0.317 e. The van der Waals surface area contributed by atoms with Crippen LogP contribution in [0.3, 0.4) is 0 Å². The van der Waals surface area contributed by atoms with Crippen molar-refractivity contribution in [3.63, 3.8) is 0 Å². The van der Waals surface area contributed by atoms with Crippen molar-refractivity contribution in [2.45, 2.75) is 156 Å². The zero-order valence-corrected chi connectivity index (χ0v) is 25.2. The molecule has 1 N–H and O–H groups in total. The summed E-state index contributed by atoms with van der Waals surface area (Å²) in [5.41, 5.74) is 2.11. The summed E-state index contributed by atoms with van der Waals surface area (Å²) in [4.78, 5) is 24.0. The Morgan fingerprint density at radius 1 is 0.711 bits per heavy atom. The minimum atomic E-state index is -0.593. The molecule has 0 aliphatic carbocycles. The fourth-order valence-electron chi connectivity index (χ4n) is 4.73. The standard InChI is InChI=1S/C33H56O5/c1-6-7-8-9-10-11-12-13-14-15-16-17-18-19-20-21-22-37-30(34)25-31(35)38-26-28-23-27(2)32(36)29(24-28)33(3,4)5/h23-24,36H,6-22,25-26H2,1-5H3. The van der Waals surface area contributed by atoms with Gasteiger partial charge in [0.1, 0.15) is 18.8 Å². The molecular formula is C33H56O5. The van der Waals surface area contributed by atoms with E-state index in [0.717, 1.165) is 29.5 Å². The van der Waals surface area contributed by atoms with Gasteiger partial charge in [0.05, 0.1) is 6.61 Å². The number of ether oxygens (including phenoxy) is 2. The highest BCUT2D eigenvalue weighted by molar-refractivity contribution is 5.91. The Balaban J connectivity index is 2.01. The summed E-state index contributed by atoms with van der Waals surface area (Å²) in [6.45, 7) is 10.6. The lowest BCUT2D eigenvalue weighted by Crippen LogP contribution is -2.15. The third-order valence-corrected chi connectivity index (χ3v) is 7.12. The first-order valence-electron chi connectivity index (χ1n) is 15.3. The number of benzene rings is 1. The number of carbonyl (C=O) groups is 2. The van der Waals surface area contributed by atoms with Gasteiger partial charge < -0.3 is 14.6 Å². The Kier molecular flexibility index (Phi) is 17.8. The SMILES string of the molecule is CCCCCCCCCCCCCCCCCCOC(=O)CC(=O)OCc1cc(C)c(O)c(C(C)(C)C)c1. The predicted molar refractivity (Wildman–Crippen MR) is 156 cm³/mol. The van der Waals surface area contributed by atoms with Gasteiger partial charge in [0.25, 0.3) is 0 Å². The average Bonchev–Trinajstić information content (AvgIpc) is 2.85. The van der Waals surface area contributed by atoms with Crippen LogP contribution in [0.25, 0.3) is 0 Å². The molecule has 218 valence electrons. The van der Waals surface area contributed by atoms with Crippen LogP contribution in [-0.2, 0) is 31.1 Å². The number of esters is 2. The second-order valence-corrected chi connectivity index (χ2v) is 11.9. The summed E-state index contributed by atoms with van der Waals surface area (Å²) in [6, 6.07) is 3.65. The lowest BCUT2D eigenvalue weighted by Gasteiger charge is -2.22. The topological polar surface area (TPSA) is 72.8 Å². The molecule has 0 aromatic heterocycles. The smallest absolute Gasteiger partial charge is 0.317 e. The number of hydrogen-bond acceptors (Lipinski definition) is 5. The molecule has 1 rings (SSSR count). The number of phenols is 1. The molecule has 38 heavy (non-hydrogen) atoms. The van der Waals surface area contributed by atoms with E-state index in [2.05, 4.69) is 6.92 Å². The van der Waals surface area contributed by atoms with E-state index < -0.39 is 11.9 Å². The first kappa shape index (κ1) is 34.0. The van der Waals surface area contributed by atoms with Crippen LogP contribution in [0.2, 0.25) is 0 Å². The number of aryl methyl sites for hydroxylation is 1. The van der Waals surface area contributed by atoms with Crippen molar-refractivity contribution in [3.8, 4) is 5.75 Å². The van der Waals surface area contributed by atoms with Gasteiger partial charge in [-0.15, -0.1) is 0 Å². The van der Waals surface area contributed by atoms with Gasteiger partial charge in [-0.1, -0.05) is 124 Å². The van der Waals surface area contributed by atoms with Crippen LogP contribution in [-0.4, -0.2) is 23.7 Å². The molecule has 0 aliphatic rings. The maximum atomic E-state index is 12.1. The van der Waals surface area contributed by atoms with Gasteiger partial charge in [-0.3, -0.25) is 9.59 Å². The largest absolute Gasteiger partial charge is 0.507 e. The van der Waals surface area contributed by atoms with Crippen LogP contribution < -0.4 is 0 Å². The highest BCUT2D eigenvalue weighted by Crippen LogP contribution is 2.34. The minimum absolute atomic E-state index is 0.0649. The zero-order chi connectivity index (χ0) is 28.2. The van der Waals surface area contributed by atoms with E-state index in [-0.39, 0.29) is 24.2 Å². The van der Waals surface area contributed by atoms with Gasteiger partial charge in [0.15, 0.2) is 0 Å². The van der Waals surface area contributed by atoms with E-state index in [0.29, 0.717) is 6.61 Å². The number of rotatable bonds is 21. The summed E-state index contributed by atoms with van der Waals surface area (Å²) >= 11 is 0.